The normalized spacial score (nSPS) is 12.0. The summed E-state index contributed by atoms with van der Waals surface area (Å²) < 4.78 is 19.5. The van der Waals surface area contributed by atoms with Crippen LogP contribution in [0.1, 0.15) is 0 Å². The van der Waals surface area contributed by atoms with E-state index in [4.69, 9.17) is 18.2 Å². The van der Waals surface area contributed by atoms with Gasteiger partial charge in [0.05, 0.1) is 5.69 Å². The Balaban J connectivity index is 1.18. The van der Waals surface area contributed by atoms with Gasteiger partial charge in [0.15, 0.2) is 5.58 Å². The van der Waals surface area contributed by atoms with Crippen LogP contribution in [0.25, 0.3) is 88.3 Å². The molecule has 0 N–H and O–H groups in total. The van der Waals surface area contributed by atoms with Crippen LogP contribution < -0.4 is 4.90 Å². The highest BCUT2D eigenvalue weighted by Gasteiger charge is 2.24. The van der Waals surface area contributed by atoms with Gasteiger partial charge in [-0.2, -0.15) is 0 Å². The third-order valence-electron chi connectivity index (χ3n) is 9.84. The monoisotopic (exact) mass is 642 g/mol. The molecule has 0 bridgehead atoms. The molecule has 11 rings (SSSR count). The molecule has 5 heteroatoms. The number of para-hydroxylation sites is 1. The van der Waals surface area contributed by atoms with Gasteiger partial charge in [0.2, 0.25) is 5.89 Å². The van der Waals surface area contributed by atoms with Gasteiger partial charge in [0.1, 0.15) is 27.8 Å². The van der Waals surface area contributed by atoms with E-state index in [0.29, 0.717) is 5.89 Å². The van der Waals surface area contributed by atoms with E-state index in [2.05, 4.69) is 95.9 Å². The number of benzene rings is 8. The van der Waals surface area contributed by atoms with Crippen molar-refractivity contribution in [2.45, 2.75) is 0 Å². The van der Waals surface area contributed by atoms with Gasteiger partial charge in [0, 0.05) is 61.4 Å². The van der Waals surface area contributed by atoms with Gasteiger partial charge in [-0.1, -0.05) is 91.0 Å². The number of fused-ring (bicyclic) bond motifs is 6. The van der Waals surface area contributed by atoms with E-state index in [0.717, 1.165) is 93.9 Å². The molecule has 0 radical (unpaired) electrons. The smallest absolute Gasteiger partial charge is 0.227 e. The molecule has 0 aliphatic rings. The minimum atomic E-state index is 0.594. The number of furan rings is 2. The van der Waals surface area contributed by atoms with Crippen LogP contribution in [0.5, 0.6) is 0 Å². The molecule has 3 aromatic heterocycles. The van der Waals surface area contributed by atoms with Gasteiger partial charge in [-0.25, -0.2) is 4.98 Å². The van der Waals surface area contributed by atoms with E-state index in [-0.39, 0.29) is 0 Å². The highest BCUT2D eigenvalue weighted by atomic mass is 16.4. The van der Waals surface area contributed by atoms with E-state index in [1.165, 1.54) is 5.56 Å². The molecule has 0 spiro atoms. The van der Waals surface area contributed by atoms with Crippen LogP contribution in [0, 0.1) is 0 Å². The molecule has 0 amide bonds. The summed E-state index contributed by atoms with van der Waals surface area (Å²) in [5.41, 5.74) is 11.0. The molecule has 0 aliphatic carbocycles. The van der Waals surface area contributed by atoms with E-state index in [1.807, 2.05) is 66.7 Å². The zero-order valence-electron chi connectivity index (χ0n) is 26.6. The molecule has 3 heterocycles. The molecule has 11 aromatic rings. The number of hydrogen-bond donors (Lipinski definition) is 0. The first-order valence-corrected chi connectivity index (χ1v) is 16.7. The number of hydrogen-bond acceptors (Lipinski definition) is 5. The fourth-order valence-electron chi connectivity index (χ4n) is 7.56. The Kier molecular flexibility index (Phi) is 5.60. The van der Waals surface area contributed by atoms with Crippen molar-refractivity contribution in [2.75, 3.05) is 4.90 Å². The molecule has 0 saturated heterocycles. The zero-order chi connectivity index (χ0) is 32.8. The van der Waals surface area contributed by atoms with Gasteiger partial charge in [-0.3, -0.25) is 0 Å². The van der Waals surface area contributed by atoms with Gasteiger partial charge in [-0.05, 0) is 65.7 Å². The number of anilines is 3. The van der Waals surface area contributed by atoms with E-state index in [9.17, 15) is 0 Å². The summed E-state index contributed by atoms with van der Waals surface area (Å²) in [5.74, 6) is 0.594. The van der Waals surface area contributed by atoms with Gasteiger partial charge in [0.25, 0.3) is 0 Å². The average Bonchev–Trinajstić information content (AvgIpc) is 3.89. The molecular formula is C45H26N2O3. The molecule has 0 aliphatic heterocycles. The summed E-state index contributed by atoms with van der Waals surface area (Å²) in [5, 5.41) is 6.26. The van der Waals surface area contributed by atoms with Gasteiger partial charge >= 0.3 is 0 Å². The fraction of sp³-hybridized carbons (Fsp3) is 0. The Morgan fingerprint density at radius 1 is 0.380 bits per heavy atom. The van der Waals surface area contributed by atoms with Crippen LogP contribution in [0.15, 0.2) is 171 Å². The molecule has 8 aromatic carbocycles. The van der Waals surface area contributed by atoms with Crippen molar-refractivity contribution in [1.82, 2.24) is 4.98 Å². The summed E-state index contributed by atoms with van der Waals surface area (Å²) in [6.45, 7) is 0. The van der Waals surface area contributed by atoms with Crippen LogP contribution in [0.2, 0.25) is 0 Å². The van der Waals surface area contributed by atoms with Gasteiger partial charge < -0.3 is 18.2 Å². The molecule has 0 atom stereocenters. The van der Waals surface area contributed by atoms with Crippen molar-refractivity contribution in [3.63, 3.8) is 0 Å². The second kappa shape index (κ2) is 10.3. The maximum Gasteiger partial charge on any atom is 0.227 e. The summed E-state index contributed by atoms with van der Waals surface area (Å²) in [4.78, 5) is 7.39. The standard InChI is InChI=1S/C45H26N2O3/c1-3-10-27(11-4-1)28-18-20-30(21-19-28)47(31-22-23-34-33-14-7-8-16-37(33)48-39(34)25-31)32-24-36-42-40(26-32)49-38-17-9-15-35(41(38)42)44-43(36)46-45(50-44)29-12-5-2-6-13-29/h1-26H. The topological polar surface area (TPSA) is 55.6 Å². The first kappa shape index (κ1) is 27.1. The largest absolute Gasteiger partial charge is 0.456 e. The third kappa shape index (κ3) is 3.98. The Morgan fingerprint density at radius 2 is 1.00 bits per heavy atom. The van der Waals surface area contributed by atoms with Crippen molar-refractivity contribution < 1.29 is 13.3 Å². The predicted molar refractivity (Wildman–Crippen MR) is 203 cm³/mol. The minimum absolute atomic E-state index is 0.594. The maximum atomic E-state index is 6.60. The molecule has 234 valence electrons. The Hall–Kier alpha value is -6.85. The Morgan fingerprint density at radius 3 is 1.84 bits per heavy atom. The third-order valence-corrected chi connectivity index (χ3v) is 9.84. The van der Waals surface area contributed by atoms with Crippen molar-refractivity contribution in [2.24, 2.45) is 0 Å². The zero-order valence-corrected chi connectivity index (χ0v) is 26.6. The van der Waals surface area contributed by atoms with Crippen LogP contribution in [0.3, 0.4) is 0 Å². The molecule has 0 fully saturated rings. The van der Waals surface area contributed by atoms with Gasteiger partial charge in [-0.15, -0.1) is 0 Å². The van der Waals surface area contributed by atoms with Crippen LogP contribution in [-0.4, -0.2) is 4.98 Å². The van der Waals surface area contributed by atoms with Crippen molar-refractivity contribution in [3.8, 4) is 22.6 Å². The molecule has 50 heavy (non-hydrogen) atoms. The maximum absolute atomic E-state index is 6.60. The first-order valence-electron chi connectivity index (χ1n) is 16.7. The lowest BCUT2D eigenvalue weighted by atomic mass is 9.99. The summed E-state index contributed by atoms with van der Waals surface area (Å²) in [6.07, 6.45) is 0. The molecule has 5 nitrogen and oxygen atoms in total. The van der Waals surface area contributed by atoms with Crippen molar-refractivity contribution >= 4 is 82.8 Å². The number of nitrogens with zero attached hydrogens (tertiary/aromatic N) is 2. The lowest BCUT2D eigenvalue weighted by molar-refractivity contribution is 0.623. The highest BCUT2D eigenvalue weighted by molar-refractivity contribution is 6.32. The van der Waals surface area contributed by atoms with Crippen molar-refractivity contribution in [1.29, 1.82) is 0 Å². The van der Waals surface area contributed by atoms with Crippen molar-refractivity contribution in [3.05, 3.63) is 158 Å². The second-order valence-electron chi connectivity index (χ2n) is 12.7. The number of rotatable bonds is 5. The van der Waals surface area contributed by atoms with Crippen LogP contribution in [-0.2, 0) is 0 Å². The van der Waals surface area contributed by atoms with Crippen LogP contribution >= 0.6 is 0 Å². The minimum Gasteiger partial charge on any atom is -0.456 e. The summed E-state index contributed by atoms with van der Waals surface area (Å²) in [6, 6.07) is 54.3. The SMILES string of the molecule is c1ccc(-c2ccc(N(c3ccc4c(c3)oc3ccccc34)c3cc4oc5cccc6c7oc(-c8ccccc8)nc7c(c3)c4c56)cc2)cc1. The Labute approximate surface area is 285 Å². The first-order chi connectivity index (χ1) is 24.8. The number of aromatic nitrogens is 1. The molecule has 0 saturated carbocycles. The van der Waals surface area contributed by atoms with E-state index >= 15 is 0 Å². The Bertz CT molecular complexity index is 3030. The van der Waals surface area contributed by atoms with E-state index in [1.54, 1.807) is 0 Å². The van der Waals surface area contributed by atoms with E-state index < -0.39 is 0 Å². The fourth-order valence-corrected chi connectivity index (χ4v) is 7.56. The predicted octanol–water partition coefficient (Wildman–Crippen LogP) is 13.0. The molecular weight excluding hydrogens is 617 g/mol. The lowest BCUT2D eigenvalue weighted by Gasteiger charge is -2.26. The molecule has 0 unspecified atom stereocenters. The summed E-state index contributed by atoms with van der Waals surface area (Å²) in [7, 11) is 0. The highest BCUT2D eigenvalue weighted by Crippen LogP contribution is 2.47. The lowest BCUT2D eigenvalue weighted by Crippen LogP contribution is -2.10. The second-order valence-corrected chi connectivity index (χ2v) is 12.7. The number of oxazole rings is 1. The average molecular weight is 643 g/mol. The quantitative estimate of drug-likeness (QED) is 0.175. The van der Waals surface area contributed by atoms with Crippen LogP contribution in [0.4, 0.5) is 17.1 Å². The summed E-state index contributed by atoms with van der Waals surface area (Å²) >= 11 is 0.